The molecule has 1 amide bonds. The molecule has 1 aliphatic rings. The lowest BCUT2D eigenvalue weighted by Gasteiger charge is -2.33. The van der Waals surface area contributed by atoms with E-state index in [2.05, 4.69) is 10.6 Å². The summed E-state index contributed by atoms with van der Waals surface area (Å²) in [5.74, 6) is -0.810. The summed E-state index contributed by atoms with van der Waals surface area (Å²) in [7, 11) is 0. The van der Waals surface area contributed by atoms with Crippen LogP contribution in [0.25, 0.3) is 0 Å². The van der Waals surface area contributed by atoms with Gasteiger partial charge in [-0.1, -0.05) is 17.7 Å². The molecule has 3 nitrogen and oxygen atoms in total. The normalized spacial score (nSPS) is 23.7. The minimum atomic E-state index is -0.632. The first-order chi connectivity index (χ1) is 8.53. The molecule has 0 aromatic heterocycles. The van der Waals surface area contributed by atoms with Crippen LogP contribution in [-0.2, 0) is 4.79 Å². The van der Waals surface area contributed by atoms with E-state index in [1.165, 1.54) is 12.1 Å². The molecule has 1 heterocycles. The Morgan fingerprint density at radius 3 is 2.94 bits per heavy atom. The zero-order valence-electron chi connectivity index (χ0n) is 10.2. The van der Waals surface area contributed by atoms with Crippen molar-refractivity contribution >= 4 is 23.2 Å². The molecule has 0 aliphatic carbocycles. The summed E-state index contributed by atoms with van der Waals surface area (Å²) in [5, 5.41) is 5.79. The molecule has 0 radical (unpaired) electrons. The first kappa shape index (κ1) is 13.3. The molecule has 1 saturated heterocycles. The van der Waals surface area contributed by atoms with Crippen LogP contribution in [0.1, 0.15) is 26.2 Å². The molecule has 1 aromatic rings. The van der Waals surface area contributed by atoms with Crippen molar-refractivity contribution in [1.29, 1.82) is 0 Å². The Kier molecular flexibility index (Phi) is 3.88. The van der Waals surface area contributed by atoms with Crippen LogP contribution in [-0.4, -0.2) is 18.0 Å². The predicted octanol–water partition coefficient (Wildman–Crippen LogP) is 2.95. The number of nitrogens with one attached hydrogen (secondary N) is 2. The summed E-state index contributed by atoms with van der Waals surface area (Å²) in [6.07, 6.45) is 2.81. The van der Waals surface area contributed by atoms with Crippen molar-refractivity contribution in [2.75, 3.05) is 11.9 Å². The number of anilines is 1. The quantitative estimate of drug-likeness (QED) is 0.868. The van der Waals surface area contributed by atoms with Gasteiger partial charge >= 0.3 is 0 Å². The molecule has 1 aliphatic heterocycles. The van der Waals surface area contributed by atoms with Gasteiger partial charge in [-0.2, -0.15) is 0 Å². The van der Waals surface area contributed by atoms with E-state index in [1.54, 1.807) is 6.07 Å². The number of halogens is 2. The molecule has 5 heteroatoms. The van der Waals surface area contributed by atoms with Crippen LogP contribution in [0.15, 0.2) is 18.2 Å². The Hall–Kier alpha value is -1.13. The van der Waals surface area contributed by atoms with Crippen LogP contribution in [0.3, 0.4) is 0 Å². The van der Waals surface area contributed by atoms with Crippen LogP contribution >= 0.6 is 11.6 Å². The molecule has 0 spiro atoms. The van der Waals surface area contributed by atoms with E-state index in [4.69, 9.17) is 11.6 Å². The highest BCUT2D eigenvalue weighted by Crippen LogP contribution is 2.25. The molecule has 0 bridgehead atoms. The first-order valence-electron chi connectivity index (χ1n) is 6.03. The number of carbonyl (C=O) groups is 1. The van der Waals surface area contributed by atoms with Crippen LogP contribution in [0.5, 0.6) is 0 Å². The number of hydrogen-bond acceptors (Lipinski definition) is 2. The summed E-state index contributed by atoms with van der Waals surface area (Å²) >= 11 is 5.68. The Morgan fingerprint density at radius 2 is 2.28 bits per heavy atom. The van der Waals surface area contributed by atoms with Crippen LogP contribution < -0.4 is 10.6 Å². The largest absolute Gasteiger partial charge is 0.322 e. The second kappa shape index (κ2) is 5.24. The molecule has 1 atom stereocenters. The molecule has 2 rings (SSSR count). The highest BCUT2D eigenvalue weighted by atomic mass is 35.5. The fourth-order valence-electron chi connectivity index (χ4n) is 2.11. The van der Waals surface area contributed by atoms with E-state index < -0.39 is 11.4 Å². The number of piperidine rings is 1. The maximum atomic E-state index is 13.7. The van der Waals surface area contributed by atoms with E-state index in [9.17, 15) is 9.18 Å². The summed E-state index contributed by atoms with van der Waals surface area (Å²) in [6.45, 7) is 2.64. The molecule has 18 heavy (non-hydrogen) atoms. The molecule has 98 valence electrons. The Morgan fingerprint density at radius 1 is 1.50 bits per heavy atom. The van der Waals surface area contributed by atoms with Crippen molar-refractivity contribution in [3.05, 3.63) is 29.0 Å². The summed E-state index contributed by atoms with van der Waals surface area (Å²) in [6, 6.07) is 4.57. The Labute approximate surface area is 111 Å². The third kappa shape index (κ3) is 2.65. The third-order valence-electron chi connectivity index (χ3n) is 3.32. The molecular formula is C13H16ClFN2O. The van der Waals surface area contributed by atoms with Gasteiger partial charge in [-0.15, -0.1) is 0 Å². The van der Waals surface area contributed by atoms with Crippen LogP contribution in [0, 0.1) is 5.82 Å². The minimum absolute atomic E-state index is 0.00885. The van der Waals surface area contributed by atoms with Gasteiger partial charge in [0.05, 0.1) is 16.2 Å². The molecule has 0 saturated carbocycles. The van der Waals surface area contributed by atoms with Gasteiger partial charge in [-0.3, -0.25) is 4.79 Å². The lowest BCUT2D eigenvalue weighted by atomic mass is 9.90. The van der Waals surface area contributed by atoms with E-state index in [0.717, 1.165) is 25.8 Å². The van der Waals surface area contributed by atoms with Gasteiger partial charge < -0.3 is 10.6 Å². The molecule has 2 N–H and O–H groups in total. The fraction of sp³-hybridized carbons (Fsp3) is 0.462. The Bertz CT molecular complexity index is 458. The average Bonchev–Trinajstić information content (AvgIpc) is 2.36. The average molecular weight is 271 g/mol. The minimum Gasteiger partial charge on any atom is -0.322 e. The molecule has 1 unspecified atom stereocenters. The van der Waals surface area contributed by atoms with Gasteiger partial charge in [0.1, 0.15) is 0 Å². The number of rotatable bonds is 2. The second-order valence-electron chi connectivity index (χ2n) is 4.77. The number of carbonyl (C=O) groups excluding carboxylic acids is 1. The van der Waals surface area contributed by atoms with Crippen LogP contribution in [0.4, 0.5) is 10.1 Å². The van der Waals surface area contributed by atoms with E-state index in [0.29, 0.717) is 0 Å². The summed E-state index contributed by atoms with van der Waals surface area (Å²) in [5.41, 5.74) is -0.506. The van der Waals surface area contributed by atoms with E-state index in [1.807, 2.05) is 6.92 Å². The molecule has 1 aromatic carbocycles. The van der Waals surface area contributed by atoms with Gasteiger partial charge in [0.15, 0.2) is 5.82 Å². The maximum Gasteiger partial charge on any atom is 0.244 e. The molecule has 1 fully saturated rings. The fourth-order valence-corrected chi connectivity index (χ4v) is 2.29. The van der Waals surface area contributed by atoms with Crippen LogP contribution in [0.2, 0.25) is 5.02 Å². The van der Waals surface area contributed by atoms with Gasteiger partial charge in [0, 0.05) is 0 Å². The van der Waals surface area contributed by atoms with Gasteiger partial charge in [-0.05, 0) is 44.9 Å². The highest BCUT2D eigenvalue weighted by Gasteiger charge is 2.34. The van der Waals surface area contributed by atoms with Crippen molar-refractivity contribution in [2.24, 2.45) is 0 Å². The second-order valence-corrected chi connectivity index (χ2v) is 5.18. The van der Waals surface area contributed by atoms with Gasteiger partial charge in [0.2, 0.25) is 5.91 Å². The zero-order chi connectivity index (χ0) is 13.2. The van der Waals surface area contributed by atoms with Crippen molar-refractivity contribution in [3.8, 4) is 0 Å². The molecular weight excluding hydrogens is 255 g/mol. The monoisotopic (exact) mass is 270 g/mol. The first-order valence-corrected chi connectivity index (χ1v) is 6.41. The van der Waals surface area contributed by atoms with Crippen molar-refractivity contribution < 1.29 is 9.18 Å². The number of hydrogen-bond donors (Lipinski definition) is 2. The van der Waals surface area contributed by atoms with Crippen molar-refractivity contribution in [1.82, 2.24) is 5.32 Å². The lowest BCUT2D eigenvalue weighted by Crippen LogP contribution is -2.54. The number of amides is 1. The standard InChI is InChI=1S/C13H16ClFN2O/c1-13(7-2-3-8-16-13)12(18)17-10-6-4-5-9(14)11(10)15/h4-6,16H,2-3,7-8H2,1H3,(H,17,18). The lowest BCUT2D eigenvalue weighted by molar-refractivity contribution is -0.122. The van der Waals surface area contributed by atoms with E-state index in [-0.39, 0.29) is 16.6 Å². The van der Waals surface area contributed by atoms with Crippen molar-refractivity contribution in [2.45, 2.75) is 31.7 Å². The number of benzene rings is 1. The van der Waals surface area contributed by atoms with E-state index >= 15 is 0 Å². The predicted molar refractivity (Wildman–Crippen MR) is 70.3 cm³/mol. The summed E-state index contributed by atoms with van der Waals surface area (Å²) in [4.78, 5) is 12.2. The SMILES string of the molecule is CC1(C(=O)Nc2cccc(Cl)c2F)CCCCN1. The summed E-state index contributed by atoms with van der Waals surface area (Å²) < 4.78 is 13.7. The maximum absolute atomic E-state index is 13.7. The topological polar surface area (TPSA) is 41.1 Å². The smallest absolute Gasteiger partial charge is 0.244 e. The Balaban J connectivity index is 2.13. The van der Waals surface area contributed by atoms with Gasteiger partial charge in [0.25, 0.3) is 0 Å². The zero-order valence-corrected chi connectivity index (χ0v) is 11.0. The highest BCUT2D eigenvalue weighted by molar-refractivity contribution is 6.31. The third-order valence-corrected chi connectivity index (χ3v) is 3.61. The van der Waals surface area contributed by atoms with Crippen molar-refractivity contribution in [3.63, 3.8) is 0 Å². The van der Waals surface area contributed by atoms with Gasteiger partial charge in [-0.25, -0.2) is 4.39 Å².